The molecule has 0 fully saturated rings. The minimum Gasteiger partial charge on any atom is -0.490 e. The van der Waals surface area contributed by atoms with Crippen molar-refractivity contribution in [2.45, 2.75) is 26.3 Å². The molecule has 4 heteroatoms. The molecule has 3 nitrogen and oxygen atoms in total. The molecule has 0 radical (unpaired) electrons. The van der Waals surface area contributed by atoms with E-state index in [1.54, 1.807) is 19.9 Å². The smallest absolute Gasteiger partial charge is 0.138 e. The Hall–Kier alpha value is -1.60. The van der Waals surface area contributed by atoms with Gasteiger partial charge in [-0.25, -0.2) is 4.39 Å². The van der Waals surface area contributed by atoms with Crippen molar-refractivity contribution in [3.8, 4) is 11.8 Å². The number of aryl methyl sites for hydroxylation is 1. The molecule has 0 aliphatic carbocycles. The highest BCUT2D eigenvalue weighted by atomic mass is 19.1. The monoisotopic (exact) mass is 236 g/mol. The van der Waals surface area contributed by atoms with Crippen LogP contribution in [0.25, 0.3) is 0 Å². The zero-order valence-corrected chi connectivity index (χ0v) is 10.4. The lowest BCUT2D eigenvalue weighted by Gasteiger charge is -2.23. The topological polar surface area (TPSA) is 45.0 Å². The van der Waals surface area contributed by atoms with Gasteiger partial charge in [0.05, 0.1) is 6.07 Å². The number of nitriles is 1. The first kappa shape index (κ1) is 13.5. The van der Waals surface area contributed by atoms with Crippen LogP contribution >= 0.6 is 0 Å². The van der Waals surface area contributed by atoms with E-state index in [1.165, 1.54) is 12.1 Å². The van der Waals surface area contributed by atoms with Gasteiger partial charge in [-0.15, -0.1) is 0 Å². The van der Waals surface area contributed by atoms with Crippen molar-refractivity contribution in [2.24, 2.45) is 0 Å². The van der Waals surface area contributed by atoms with Crippen molar-refractivity contribution in [3.05, 3.63) is 29.6 Å². The summed E-state index contributed by atoms with van der Waals surface area (Å²) < 4.78 is 18.4. The minimum absolute atomic E-state index is 0.226. The first-order valence-corrected chi connectivity index (χ1v) is 5.56. The van der Waals surface area contributed by atoms with Crippen molar-refractivity contribution < 1.29 is 9.13 Å². The van der Waals surface area contributed by atoms with E-state index in [4.69, 9.17) is 10.00 Å². The number of nitrogens with zero attached hydrogens (tertiary/aromatic N) is 1. The van der Waals surface area contributed by atoms with Crippen molar-refractivity contribution in [1.29, 1.82) is 5.26 Å². The summed E-state index contributed by atoms with van der Waals surface area (Å²) in [4.78, 5) is 0. The highest BCUT2D eigenvalue weighted by molar-refractivity contribution is 5.32. The highest BCUT2D eigenvalue weighted by Gasteiger charge is 2.23. The Bertz CT molecular complexity index is 428. The Kier molecular flexibility index (Phi) is 4.47. The number of hydrogen-bond acceptors (Lipinski definition) is 3. The van der Waals surface area contributed by atoms with E-state index < -0.39 is 5.54 Å². The van der Waals surface area contributed by atoms with Crippen LogP contribution in [0.5, 0.6) is 5.75 Å². The molecule has 17 heavy (non-hydrogen) atoms. The Labute approximate surface area is 101 Å². The van der Waals surface area contributed by atoms with E-state index in [0.29, 0.717) is 12.3 Å². The standard InChI is InChI=1S/C13H17FN2O/c1-4-16-13(3,8-15)9-17-12-6-5-11(14)7-10(12)2/h5-7,16H,4,9H2,1-3H3. The molecule has 0 amide bonds. The van der Waals surface area contributed by atoms with Crippen molar-refractivity contribution in [2.75, 3.05) is 13.2 Å². The molecule has 0 saturated carbocycles. The lowest BCUT2D eigenvalue weighted by Crippen LogP contribution is -2.46. The van der Waals surface area contributed by atoms with Crippen molar-refractivity contribution >= 4 is 0 Å². The van der Waals surface area contributed by atoms with Crippen LogP contribution in [-0.4, -0.2) is 18.7 Å². The third-order valence-electron chi connectivity index (χ3n) is 2.47. The van der Waals surface area contributed by atoms with Crippen LogP contribution < -0.4 is 10.1 Å². The quantitative estimate of drug-likeness (QED) is 0.853. The third kappa shape index (κ3) is 3.72. The molecule has 0 saturated heterocycles. The van der Waals surface area contributed by atoms with Gasteiger partial charge in [-0.2, -0.15) is 5.26 Å². The van der Waals surface area contributed by atoms with Gasteiger partial charge in [0.25, 0.3) is 0 Å². The second-order valence-electron chi connectivity index (χ2n) is 4.17. The average Bonchev–Trinajstić information content (AvgIpc) is 2.28. The van der Waals surface area contributed by atoms with E-state index in [2.05, 4.69) is 11.4 Å². The Morgan fingerprint density at radius 1 is 1.53 bits per heavy atom. The van der Waals surface area contributed by atoms with E-state index in [1.807, 2.05) is 6.92 Å². The number of likely N-dealkylation sites (N-methyl/N-ethyl adjacent to an activating group) is 1. The summed E-state index contributed by atoms with van der Waals surface area (Å²) in [5.74, 6) is 0.315. The normalized spacial score (nSPS) is 13.8. The molecule has 1 rings (SSSR count). The average molecular weight is 236 g/mol. The Morgan fingerprint density at radius 3 is 2.76 bits per heavy atom. The molecular weight excluding hydrogens is 219 g/mol. The van der Waals surface area contributed by atoms with Crippen LogP contribution in [0, 0.1) is 24.1 Å². The van der Waals surface area contributed by atoms with Gasteiger partial charge in [-0.3, -0.25) is 5.32 Å². The van der Waals surface area contributed by atoms with Gasteiger partial charge in [0.2, 0.25) is 0 Å². The zero-order valence-electron chi connectivity index (χ0n) is 10.4. The fraction of sp³-hybridized carbons (Fsp3) is 0.462. The van der Waals surface area contributed by atoms with Crippen LogP contribution in [0.4, 0.5) is 4.39 Å². The molecule has 92 valence electrons. The van der Waals surface area contributed by atoms with E-state index >= 15 is 0 Å². The lowest BCUT2D eigenvalue weighted by atomic mass is 10.1. The second-order valence-corrected chi connectivity index (χ2v) is 4.17. The molecule has 1 unspecified atom stereocenters. The summed E-state index contributed by atoms with van der Waals surface area (Å²) in [6, 6.07) is 6.50. The molecule has 0 aliphatic rings. The number of halogens is 1. The maximum Gasteiger partial charge on any atom is 0.138 e. The summed E-state index contributed by atoms with van der Waals surface area (Å²) in [5.41, 5.74) is -0.00273. The van der Waals surface area contributed by atoms with Gasteiger partial charge >= 0.3 is 0 Å². The van der Waals surface area contributed by atoms with Crippen LogP contribution in [0.2, 0.25) is 0 Å². The third-order valence-corrected chi connectivity index (χ3v) is 2.47. The molecule has 0 spiro atoms. The zero-order chi connectivity index (χ0) is 12.9. The summed E-state index contributed by atoms with van der Waals surface area (Å²) in [7, 11) is 0. The fourth-order valence-electron chi connectivity index (χ4n) is 1.51. The number of benzene rings is 1. The fourth-order valence-corrected chi connectivity index (χ4v) is 1.51. The molecule has 0 aliphatic heterocycles. The van der Waals surface area contributed by atoms with Gasteiger partial charge in [-0.1, -0.05) is 6.92 Å². The van der Waals surface area contributed by atoms with Gasteiger partial charge < -0.3 is 4.74 Å². The Morgan fingerprint density at radius 2 is 2.24 bits per heavy atom. The molecule has 1 aromatic rings. The summed E-state index contributed by atoms with van der Waals surface area (Å²) in [6.07, 6.45) is 0. The van der Waals surface area contributed by atoms with Crippen LogP contribution in [0.15, 0.2) is 18.2 Å². The molecule has 1 N–H and O–H groups in total. The summed E-state index contributed by atoms with van der Waals surface area (Å²) >= 11 is 0. The molecule has 0 bridgehead atoms. The molecule has 1 atom stereocenters. The highest BCUT2D eigenvalue weighted by Crippen LogP contribution is 2.19. The van der Waals surface area contributed by atoms with Crippen LogP contribution in [0.3, 0.4) is 0 Å². The predicted molar refractivity (Wildman–Crippen MR) is 64.3 cm³/mol. The van der Waals surface area contributed by atoms with E-state index in [9.17, 15) is 4.39 Å². The van der Waals surface area contributed by atoms with Crippen molar-refractivity contribution in [3.63, 3.8) is 0 Å². The molecular formula is C13H17FN2O. The first-order valence-electron chi connectivity index (χ1n) is 5.56. The number of rotatable bonds is 5. The SMILES string of the molecule is CCNC(C)(C#N)COc1ccc(F)cc1C. The van der Waals surface area contributed by atoms with Gasteiger partial charge in [0.15, 0.2) is 0 Å². The minimum atomic E-state index is -0.727. The van der Waals surface area contributed by atoms with Gasteiger partial charge in [0.1, 0.15) is 23.7 Å². The molecule has 1 aromatic carbocycles. The van der Waals surface area contributed by atoms with E-state index in [0.717, 1.165) is 5.56 Å². The van der Waals surface area contributed by atoms with Crippen LogP contribution in [0.1, 0.15) is 19.4 Å². The maximum absolute atomic E-state index is 12.9. The van der Waals surface area contributed by atoms with Crippen molar-refractivity contribution in [1.82, 2.24) is 5.32 Å². The lowest BCUT2D eigenvalue weighted by molar-refractivity contribution is 0.235. The Balaban J connectivity index is 2.70. The molecule has 0 heterocycles. The second kappa shape index (κ2) is 5.65. The maximum atomic E-state index is 12.9. The summed E-state index contributed by atoms with van der Waals surface area (Å²) in [6.45, 7) is 6.39. The molecule has 0 aromatic heterocycles. The van der Waals surface area contributed by atoms with E-state index in [-0.39, 0.29) is 12.4 Å². The van der Waals surface area contributed by atoms with Crippen LogP contribution in [-0.2, 0) is 0 Å². The number of ether oxygens (including phenoxy) is 1. The number of hydrogen-bond donors (Lipinski definition) is 1. The van der Waals surface area contributed by atoms with Gasteiger partial charge in [-0.05, 0) is 44.2 Å². The van der Waals surface area contributed by atoms with Gasteiger partial charge in [0, 0.05) is 0 Å². The summed E-state index contributed by atoms with van der Waals surface area (Å²) in [5, 5.41) is 12.1. The predicted octanol–water partition coefficient (Wildman–Crippen LogP) is 2.40. The number of nitrogens with one attached hydrogen (secondary N) is 1. The first-order chi connectivity index (χ1) is 8.00. The largest absolute Gasteiger partial charge is 0.490 e.